The molecule has 0 unspecified atom stereocenters. The van der Waals surface area contributed by atoms with Gasteiger partial charge in [-0.15, -0.1) is 0 Å². The van der Waals surface area contributed by atoms with Crippen LogP contribution in [0, 0.1) is 0 Å². The summed E-state index contributed by atoms with van der Waals surface area (Å²) in [4.78, 5) is 2.29. The number of likely N-dealkylation sites (N-methyl/N-ethyl adjacent to an activating group) is 1. The van der Waals surface area contributed by atoms with Gasteiger partial charge < -0.3 is 10.5 Å². The highest BCUT2D eigenvalue weighted by molar-refractivity contribution is 5.27. The molecule has 0 bridgehead atoms. The van der Waals surface area contributed by atoms with Gasteiger partial charge in [0, 0.05) is 13.1 Å². The van der Waals surface area contributed by atoms with Gasteiger partial charge in [-0.25, -0.2) is 0 Å². The van der Waals surface area contributed by atoms with Crippen LogP contribution in [-0.4, -0.2) is 37.7 Å². The molecular formula is C15H26N2O. The van der Waals surface area contributed by atoms with Gasteiger partial charge in [-0.1, -0.05) is 24.3 Å². The second kappa shape index (κ2) is 8.25. The Morgan fingerprint density at radius 3 is 2.50 bits per heavy atom. The molecule has 0 fully saturated rings. The van der Waals surface area contributed by atoms with E-state index in [2.05, 4.69) is 50.1 Å². The second-order valence-corrected chi connectivity index (χ2v) is 4.96. The Kier molecular flexibility index (Phi) is 6.94. The molecule has 0 radical (unpaired) electrons. The minimum atomic E-state index is 0.308. The van der Waals surface area contributed by atoms with Crippen molar-refractivity contribution in [1.29, 1.82) is 0 Å². The predicted molar refractivity (Wildman–Crippen MR) is 76.6 cm³/mol. The summed E-state index contributed by atoms with van der Waals surface area (Å²) in [6.07, 6.45) is 1.26. The molecule has 0 saturated heterocycles. The third-order valence-corrected chi connectivity index (χ3v) is 2.90. The Labute approximate surface area is 111 Å². The Balaban J connectivity index is 2.45. The fourth-order valence-corrected chi connectivity index (χ4v) is 1.93. The molecule has 0 aromatic heterocycles. The number of hydrogen-bond donors (Lipinski definition) is 1. The molecule has 3 heteroatoms. The van der Waals surface area contributed by atoms with Crippen molar-refractivity contribution in [3.05, 3.63) is 35.4 Å². The van der Waals surface area contributed by atoms with Gasteiger partial charge >= 0.3 is 0 Å². The molecule has 1 aromatic rings. The monoisotopic (exact) mass is 250 g/mol. The third kappa shape index (κ3) is 5.63. The first-order valence-corrected chi connectivity index (χ1v) is 6.70. The zero-order chi connectivity index (χ0) is 13.4. The highest BCUT2D eigenvalue weighted by atomic mass is 16.5. The van der Waals surface area contributed by atoms with Crippen LogP contribution in [0.3, 0.4) is 0 Å². The molecule has 2 N–H and O–H groups in total. The van der Waals surface area contributed by atoms with Crippen molar-refractivity contribution in [3.8, 4) is 0 Å². The van der Waals surface area contributed by atoms with Crippen molar-refractivity contribution in [2.45, 2.75) is 32.9 Å². The minimum Gasteiger partial charge on any atom is -0.377 e. The van der Waals surface area contributed by atoms with E-state index in [9.17, 15) is 0 Å². The summed E-state index contributed by atoms with van der Waals surface area (Å²) >= 11 is 0. The molecule has 0 aliphatic heterocycles. The highest BCUT2D eigenvalue weighted by Crippen LogP contribution is 2.11. The van der Waals surface area contributed by atoms with Crippen LogP contribution in [0.4, 0.5) is 0 Å². The van der Waals surface area contributed by atoms with Gasteiger partial charge in [0.05, 0.1) is 12.7 Å². The first-order valence-electron chi connectivity index (χ1n) is 6.70. The summed E-state index contributed by atoms with van der Waals surface area (Å²) in [5, 5.41) is 0. The predicted octanol–water partition coefficient (Wildman–Crippen LogP) is 2.04. The summed E-state index contributed by atoms with van der Waals surface area (Å²) < 4.78 is 5.57. The fraction of sp³-hybridized carbons (Fsp3) is 0.600. The Morgan fingerprint density at radius 1 is 1.22 bits per heavy atom. The SMILES string of the molecule is CC(C)OCCN(C)Cc1ccccc1CCN. The van der Waals surface area contributed by atoms with Crippen molar-refractivity contribution in [2.24, 2.45) is 5.73 Å². The van der Waals surface area contributed by atoms with E-state index in [4.69, 9.17) is 10.5 Å². The quantitative estimate of drug-likeness (QED) is 0.767. The summed E-state index contributed by atoms with van der Waals surface area (Å²) in [6.45, 7) is 7.53. The van der Waals surface area contributed by atoms with Gasteiger partial charge in [0.1, 0.15) is 0 Å². The molecule has 0 amide bonds. The zero-order valence-electron chi connectivity index (χ0n) is 11.9. The molecule has 3 nitrogen and oxygen atoms in total. The summed E-state index contributed by atoms with van der Waals surface area (Å²) in [5.74, 6) is 0. The van der Waals surface area contributed by atoms with Crippen molar-refractivity contribution >= 4 is 0 Å². The summed E-state index contributed by atoms with van der Waals surface area (Å²) in [5.41, 5.74) is 8.37. The van der Waals surface area contributed by atoms with Crippen LogP contribution in [0.1, 0.15) is 25.0 Å². The summed E-state index contributed by atoms with van der Waals surface area (Å²) in [7, 11) is 2.13. The lowest BCUT2D eigenvalue weighted by Gasteiger charge is -2.19. The number of benzene rings is 1. The second-order valence-electron chi connectivity index (χ2n) is 4.96. The van der Waals surface area contributed by atoms with E-state index < -0.39 is 0 Å². The van der Waals surface area contributed by atoms with E-state index in [0.29, 0.717) is 12.6 Å². The Bertz CT molecular complexity index is 339. The molecule has 1 aromatic carbocycles. The van der Waals surface area contributed by atoms with Crippen LogP contribution >= 0.6 is 0 Å². The van der Waals surface area contributed by atoms with Crippen LogP contribution in [0.25, 0.3) is 0 Å². The molecule has 0 aliphatic rings. The number of nitrogens with two attached hydrogens (primary N) is 1. The van der Waals surface area contributed by atoms with Crippen LogP contribution in [0.2, 0.25) is 0 Å². The molecule has 0 aliphatic carbocycles. The van der Waals surface area contributed by atoms with Gasteiger partial charge in [0.25, 0.3) is 0 Å². The Morgan fingerprint density at radius 2 is 1.89 bits per heavy atom. The van der Waals surface area contributed by atoms with Crippen molar-refractivity contribution in [2.75, 3.05) is 26.7 Å². The molecule has 1 rings (SSSR count). The average Bonchev–Trinajstić information content (AvgIpc) is 2.31. The van der Waals surface area contributed by atoms with Crippen molar-refractivity contribution in [1.82, 2.24) is 4.90 Å². The van der Waals surface area contributed by atoms with Crippen molar-refractivity contribution < 1.29 is 4.74 Å². The maximum atomic E-state index is 5.64. The summed E-state index contributed by atoms with van der Waals surface area (Å²) in [6, 6.07) is 8.52. The minimum absolute atomic E-state index is 0.308. The van der Waals surface area contributed by atoms with Gasteiger partial charge in [-0.05, 0) is 45.0 Å². The lowest BCUT2D eigenvalue weighted by atomic mass is 10.0. The molecule has 0 spiro atoms. The number of ether oxygens (including phenoxy) is 1. The topological polar surface area (TPSA) is 38.5 Å². The van der Waals surface area contributed by atoms with E-state index in [0.717, 1.165) is 26.1 Å². The molecule has 102 valence electrons. The van der Waals surface area contributed by atoms with Gasteiger partial charge in [-0.3, -0.25) is 4.90 Å². The number of hydrogen-bond acceptors (Lipinski definition) is 3. The maximum Gasteiger partial charge on any atom is 0.0596 e. The highest BCUT2D eigenvalue weighted by Gasteiger charge is 2.05. The van der Waals surface area contributed by atoms with E-state index in [1.54, 1.807) is 0 Å². The van der Waals surface area contributed by atoms with Crippen LogP contribution in [-0.2, 0) is 17.7 Å². The molecule has 0 saturated carbocycles. The zero-order valence-corrected chi connectivity index (χ0v) is 11.9. The smallest absolute Gasteiger partial charge is 0.0596 e. The molecule has 0 atom stereocenters. The fourth-order valence-electron chi connectivity index (χ4n) is 1.93. The molecule has 0 heterocycles. The van der Waals surface area contributed by atoms with Gasteiger partial charge in [0.15, 0.2) is 0 Å². The largest absolute Gasteiger partial charge is 0.377 e. The van der Waals surface area contributed by atoms with E-state index >= 15 is 0 Å². The molecular weight excluding hydrogens is 224 g/mol. The van der Waals surface area contributed by atoms with Crippen LogP contribution in [0.5, 0.6) is 0 Å². The molecule has 18 heavy (non-hydrogen) atoms. The maximum absolute atomic E-state index is 5.64. The van der Waals surface area contributed by atoms with Gasteiger partial charge in [-0.2, -0.15) is 0 Å². The lowest BCUT2D eigenvalue weighted by molar-refractivity contribution is 0.0626. The van der Waals surface area contributed by atoms with E-state index in [-0.39, 0.29) is 0 Å². The van der Waals surface area contributed by atoms with Crippen LogP contribution in [0.15, 0.2) is 24.3 Å². The van der Waals surface area contributed by atoms with E-state index in [1.165, 1.54) is 11.1 Å². The van der Waals surface area contributed by atoms with Crippen molar-refractivity contribution in [3.63, 3.8) is 0 Å². The normalized spacial score (nSPS) is 11.4. The third-order valence-electron chi connectivity index (χ3n) is 2.90. The van der Waals surface area contributed by atoms with Crippen LogP contribution < -0.4 is 5.73 Å². The average molecular weight is 250 g/mol. The van der Waals surface area contributed by atoms with E-state index in [1.807, 2.05) is 0 Å². The first kappa shape index (κ1) is 15.2. The Hall–Kier alpha value is -0.900. The standard InChI is InChI=1S/C15H26N2O/c1-13(2)18-11-10-17(3)12-15-7-5-4-6-14(15)8-9-16/h4-7,13H,8-12,16H2,1-3H3. The lowest BCUT2D eigenvalue weighted by Crippen LogP contribution is -2.24. The number of rotatable bonds is 8. The number of nitrogens with zero attached hydrogens (tertiary/aromatic N) is 1. The first-order chi connectivity index (χ1) is 8.63. The van der Waals surface area contributed by atoms with Gasteiger partial charge in [0.2, 0.25) is 0 Å².